The minimum Gasteiger partial charge on any atom is -0.456 e. The van der Waals surface area contributed by atoms with Crippen molar-refractivity contribution in [3.8, 4) is 44.5 Å². The summed E-state index contributed by atoms with van der Waals surface area (Å²) in [6.45, 7) is 0. The molecule has 0 spiro atoms. The van der Waals surface area contributed by atoms with Crippen molar-refractivity contribution in [2.24, 2.45) is 0 Å². The first-order valence-electron chi connectivity index (χ1n) is 15.9. The number of fused-ring (bicyclic) bond motifs is 5. The molecule has 0 aliphatic heterocycles. The first-order valence-corrected chi connectivity index (χ1v) is 15.9. The predicted molar refractivity (Wildman–Crippen MR) is 197 cm³/mol. The third-order valence-electron chi connectivity index (χ3n) is 9.23. The van der Waals surface area contributed by atoms with Gasteiger partial charge in [0.2, 0.25) is 5.43 Å². The Hall–Kier alpha value is -6.25. The molecule has 0 N–H and O–H groups in total. The Bertz CT molecular complexity index is 2630. The lowest BCUT2D eigenvalue weighted by Crippen LogP contribution is -2.02. The van der Waals surface area contributed by atoms with Crippen LogP contribution in [0.25, 0.3) is 88.0 Å². The molecule has 2 nitrogen and oxygen atoms in total. The molecule has 0 amide bonds. The number of benzene rings is 8. The van der Waals surface area contributed by atoms with Crippen LogP contribution in [0.1, 0.15) is 0 Å². The van der Waals surface area contributed by atoms with Gasteiger partial charge in [-0.3, -0.25) is 4.79 Å². The molecule has 0 radical (unpaired) electrons. The molecule has 0 aliphatic carbocycles. The summed E-state index contributed by atoms with van der Waals surface area (Å²) in [6, 6.07) is 58.6. The molecular weight excluding hydrogens is 572 g/mol. The van der Waals surface area contributed by atoms with Crippen molar-refractivity contribution >= 4 is 43.5 Å². The monoisotopic (exact) mass is 600 g/mol. The summed E-state index contributed by atoms with van der Waals surface area (Å²) in [7, 11) is 0. The van der Waals surface area contributed by atoms with E-state index in [0.29, 0.717) is 21.9 Å². The Morgan fingerprint density at radius 2 is 0.809 bits per heavy atom. The maximum Gasteiger partial charge on any atom is 0.200 e. The van der Waals surface area contributed by atoms with Gasteiger partial charge in [0.25, 0.3) is 0 Å². The van der Waals surface area contributed by atoms with Crippen LogP contribution < -0.4 is 5.43 Å². The Kier molecular flexibility index (Phi) is 6.33. The Morgan fingerprint density at radius 3 is 1.45 bits per heavy atom. The lowest BCUT2D eigenvalue weighted by Gasteiger charge is -2.13. The van der Waals surface area contributed by atoms with Crippen molar-refractivity contribution in [3.05, 3.63) is 180 Å². The minimum absolute atomic E-state index is 0.0301. The lowest BCUT2D eigenvalue weighted by atomic mass is 9.92. The van der Waals surface area contributed by atoms with Gasteiger partial charge >= 0.3 is 0 Å². The molecule has 1 heterocycles. The molecule has 0 fully saturated rings. The van der Waals surface area contributed by atoms with E-state index in [4.69, 9.17) is 4.42 Å². The highest BCUT2D eigenvalue weighted by Crippen LogP contribution is 2.37. The second-order valence-corrected chi connectivity index (χ2v) is 12.1. The predicted octanol–water partition coefficient (Wildman–Crippen LogP) is 11.9. The molecule has 0 saturated heterocycles. The van der Waals surface area contributed by atoms with Crippen LogP contribution >= 0.6 is 0 Å². The molecule has 0 unspecified atom stereocenters. The molecule has 47 heavy (non-hydrogen) atoms. The lowest BCUT2D eigenvalue weighted by molar-refractivity contribution is 0.660. The highest BCUT2D eigenvalue weighted by molar-refractivity contribution is 6.14. The molecule has 0 bridgehead atoms. The van der Waals surface area contributed by atoms with Crippen LogP contribution in [0.4, 0.5) is 0 Å². The van der Waals surface area contributed by atoms with Gasteiger partial charge in [-0.2, -0.15) is 0 Å². The van der Waals surface area contributed by atoms with Crippen molar-refractivity contribution in [1.29, 1.82) is 0 Å². The minimum atomic E-state index is -0.0301. The van der Waals surface area contributed by atoms with E-state index in [1.165, 1.54) is 16.2 Å². The molecule has 1 aromatic heterocycles. The molecule has 2 heteroatoms. The van der Waals surface area contributed by atoms with Gasteiger partial charge in [-0.1, -0.05) is 121 Å². The van der Waals surface area contributed by atoms with Crippen LogP contribution in [-0.2, 0) is 0 Å². The number of hydrogen-bond acceptors (Lipinski definition) is 2. The second kappa shape index (κ2) is 11.0. The number of hydrogen-bond donors (Lipinski definition) is 0. The summed E-state index contributed by atoms with van der Waals surface area (Å²) in [4.78, 5) is 14.2. The van der Waals surface area contributed by atoms with Gasteiger partial charge in [0, 0.05) is 0 Å². The molecule has 0 aliphatic rings. The van der Waals surface area contributed by atoms with E-state index in [2.05, 4.69) is 127 Å². The Balaban J connectivity index is 1.22. The van der Waals surface area contributed by atoms with Gasteiger partial charge in [0.05, 0.1) is 10.8 Å². The molecule has 8 aromatic carbocycles. The maximum absolute atomic E-state index is 14.2. The van der Waals surface area contributed by atoms with Crippen LogP contribution in [0.2, 0.25) is 0 Å². The van der Waals surface area contributed by atoms with E-state index in [1.807, 2.05) is 42.5 Å². The summed E-state index contributed by atoms with van der Waals surface area (Å²) < 4.78 is 6.35. The normalized spacial score (nSPS) is 11.5. The van der Waals surface area contributed by atoms with E-state index in [1.54, 1.807) is 0 Å². The fourth-order valence-electron chi connectivity index (χ4n) is 6.89. The van der Waals surface area contributed by atoms with Gasteiger partial charge in [0.1, 0.15) is 11.2 Å². The molecule has 220 valence electrons. The average Bonchev–Trinajstić information content (AvgIpc) is 3.15. The van der Waals surface area contributed by atoms with Crippen molar-refractivity contribution < 1.29 is 4.42 Å². The van der Waals surface area contributed by atoms with Crippen LogP contribution in [0.3, 0.4) is 0 Å². The molecule has 0 atom stereocenters. The molecule has 9 aromatic rings. The van der Waals surface area contributed by atoms with E-state index < -0.39 is 0 Å². The maximum atomic E-state index is 14.2. The summed E-state index contributed by atoms with van der Waals surface area (Å²) in [6.07, 6.45) is 0. The zero-order valence-electron chi connectivity index (χ0n) is 25.5. The average molecular weight is 601 g/mol. The van der Waals surface area contributed by atoms with Gasteiger partial charge < -0.3 is 4.42 Å². The standard InChI is InChI=1S/C45H28O2/c46-45-41-26-31(36-24-34(29-11-3-1-4-12-29)23-35(25-36)30-13-5-2-6-14-30)19-21-43(41)47-44-22-20-33(28-42(44)45)40-27-32-15-7-8-16-37(32)38-17-9-10-18-39(38)40/h1-28H. The summed E-state index contributed by atoms with van der Waals surface area (Å²) >= 11 is 0. The van der Waals surface area contributed by atoms with Crippen molar-refractivity contribution in [1.82, 2.24) is 0 Å². The largest absolute Gasteiger partial charge is 0.456 e. The van der Waals surface area contributed by atoms with Crippen molar-refractivity contribution in [2.45, 2.75) is 0 Å². The van der Waals surface area contributed by atoms with Crippen LogP contribution in [0, 0.1) is 0 Å². The van der Waals surface area contributed by atoms with Crippen LogP contribution in [0.5, 0.6) is 0 Å². The van der Waals surface area contributed by atoms with Crippen molar-refractivity contribution in [2.75, 3.05) is 0 Å². The fraction of sp³-hybridized carbons (Fsp3) is 0. The second-order valence-electron chi connectivity index (χ2n) is 12.1. The van der Waals surface area contributed by atoms with E-state index in [9.17, 15) is 4.79 Å². The molecular formula is C45H28O2. The molecule has 9 rings (SSSR count). The van der Waals surface area contributed by atoms with Crippen LogP contribution in [0.15, 0.2) is 179 Å². The van der Waals surface area contributed by atoms with E-state index in [-0.39, 0.29) is 5.43 Å². The summed E-state index contributed by atoms with van der Waals surface area (Å²) in [5.41, 5.74) is 9.78. The van der Waals surface area contributed by atoms with Gasteiger partial charge in [-0.25, -0.2) is 0 Å². The highest BCUT2D eigenvalue weighted by Gasteiger charge is 2.14. The van der Waals surface area contributed by atoms with E-state index in [0.717, 1.165) is 49.9 Å². The highest BCUT2D eigenvalue weighted by atomic mass is 16.3. The van der Waals surface area contributed by atoms with E-state index >= 15 is 0 Å². The first-order chi connectivity index (χ1) is 23.2. The summed E-state index contributed by atoms with van der Waals surface area (Å²) in [5, 5.41) is 5.89. The SMILES string of the molecule is O=c1c2cc(-c3cc(-c4ccccc4)cc(-c4ccccc4)c3)ccc2oc2ccc(-c3cc4ccccc4c4ccccc34)cc12. The van der Waals surface area contributed by atoms with Gasteiger partial charge in [0.15, 0.2) is 0 Å². The topological polar surface area (TPSA) is 30.2 Å². The zero-order chi connectivity index (χ0) is 31.3. The van der Waals surface area contributed by atoms with Gasteiger partial charge in [-0.15, -0.1) is 0 Å². The quantitative estimate of drug-likeness (QED) is 0.149. The zero-order valence-corrected chi connectivity index (χ0v) is 25.5. The summed E-state index contributed by atoms with van der Waals surface area (Å²) in [5.74, 6) is 0. The Labute approximate surface area is 271 Å². The first kappa shape index (κ1) is 27.1. The van der Waals surface area contributed by atoms with Crippen molar-refractivity contribution in [3.63, 3.8) is 0 Å². The fourth-order valence-corrected chi connectivity index (χ4v) is 6.89. The third kappa shape index (κ3) is 4.70. The van der Waals surface area contributed by atoms with Crippen LogP contribution in [-0.4, -0.2) is 0 Å². The van der Waals surface area contributed by atoms with Gasteiger partial charge in [-0.05, 0) is 115 Å². The third-order valence-corrected chi connectivity index (χ3v) is 9.23. The smallest absolute Gasteiger partial charge is 0.200 e. The number of rotatable bonds is 4. The molecule has 0 saturated carbocycles. The Morgan fingerprint density at radius 1 is 0.319 bits per heavy atom.